The van der Waals surface area contributed by atoms with Crippen molar-refractivity contribution in [1.82, 2.24) is 24.5 Å². The summed E-state index contributed by atoms with van der Waals surface area (Å²) in [6.45, 7) is 0.736. The maximum Gasteiger partial charge on any atom is 0.339 e. The number of benzene rings is 2. The molecule has 0 spiro atoms. The number of rotatable bonds is 10. The van der Waals surface area contributed by atoms with E-state index in [0.717, 1.165) is 67.7 Å². The van der Waals surface area contributed by atoms with Gasteiger partial charge >= 0.3 is 11.9 Å². The number of pyridine rings is 3. The lowest BCUT2D eigenvalue weighted by Gasteiger charge is -2.10. The van der Waals surface area contributed by atoms with Crippen LogP contribution in [0.25, 0.3) is 21.8 Å². The van der Waals surface area contributed by atoms with Gasteiger partial charge < -0.3 is 19.0 Å². The van der Waals surface area contributed by atoms with Crippen LogP contribution in [-0.4, -0.2) is 50.7 Å². The molecule has 0 radical (unpaired) electrons. The Kier molecular flexibility index (Phi) is 9.55. The fourth-order valence-electron chi connectivity index (χ4n) is 6.92. The summed E-state index contributed by atoms with van der Waals surface area (Å²) in [4.78, 5) is 41.3. The molecule has 0 atom stereocenters. The van der Waals surface area contributed by atoms with Gasteiger partial charge in [-0.25, -0.2) is 9.59 Å². The van der Waals surface area contributed by atoms with Gasteiger partial charge in [0.1, 0.15) is 0 Å². The summed E-state index contributed by atoms with van der Waals surface area (Å²) in [5.41, 5.74) is 10.5. The molecule has 1 N–H and O–H groups in total. The van der Waals surface area contributed by atoms with Crippen LogP contribution in [0.4, 0.5) is 0 Å². The fourth-order valence-corrected chi connectivity index (χ4v) is 6.92. The summed E-state index contributed by atoms with van der Waals surface area (Å²) >= 11 is 0. The first kappa shape index (κ1) is 34.0. The lowest BCUT2D eigenvalue weighted by molar-refractivity contribution is 0.0590. The van der Waals surface area contributed by atoms with E-state index in [0.29, 0.717) is 35.8 Å². The molecule has 5 aromatic heterocycles. The third kappa shape index (κ3) is 7.74. The summed E-state index contributed by atoms with van der Waals surface area (Å²) in [7, 11) is 2.84. The average Bonchev–Trinajstić information content (AvgIpc) is 4.14. The highest BCUT2D eigenvalue weighted by atomic mass is 16.5. The molecular weight excluding hydrogens is 663 g/mol. The Bertz CT molecular complexity index is 2420. The fraction of sp³-hybridized carbons (Fsp3) is 0.250. The van der Waals surface area contributed by atoms with Crippen molar-refractivity contribution >= 4 is 33.7 Å². The molecule has 2 aromatic carbocycles. The quantitative estimate of drug-likeness (QED) is 0.142. The van der Waals surface area contributed by atoms with E-state index in [1.807, 2.05) is 61.2 Å². The summed E-state index contributed by atoms with van der Waals surface area (Å²) in [5.74, 6) is 0.488. The summed E-state index contributed by atoms with van der Waals surface area (Å²) < 4.78 is 12.2. The number of nitrogens with zero attached hydrogens (tertiary/aromatic N) is 4. The molecular formula is C44H41N5O4. The predicted molar refractivity (Wildman–Crippen MR) is 204 cm³/mol. The Hall–Kier alpha value is -6.09. The molecule has 0 amide bonds. The standard InChI is InChI=1S/C25H23N3O2.C19H18N2O2/c1-30-25(29)22-14-20(18-6-7-18)15-27-23(22)13-17-5-8-24-19(12-17)9-11-28(24)16-21-4-2-3-10-26-21;1-23-19(22)16-10-15(13-3-4-13)11-21-18(16)9-12-2-5-17-14(8-12)6-7-20-17/h2-5,8-12,14-15,18H,6-7,13,16H2,1H3;2,5-8,10-11,13,20H,3-4,9H2,1H3. The molecule has 2 aliphatic carbocycles. The third-order valence-electron chi connectivity index (χ3n) is 10.1. The van der Waals surface area contributed by atoms with Gasteiger partial charge in [0, 0.05) is 54.9 Å². The molecule has 9 rings (SSSR count). The molecule has 9 heteroatoms. The number of methoxy groups -OCH3 is 2. The second kappa shape index (κ2) is 14.9. The minimum absolute atomic E-state index is 0.308. The number of nitrogens with one attached hydrogen (secondary N) is 1. The lowest BCUT2D eigenvalue weighted by Crippen LogP contribution is -2.09. The lowest BCUT2D eigenvalue weighted by atomic mass is 10.0. The van der Waals surface area contributed by atoms with E-state index in [1.165, 1.54) is 39.9 Å². The number of H-pyrrole nitrogens is 1. The minimum Gasteiger partial charge on any atom is -0.465 e. The van der Waals surface area contributed by atoms with E-state index in [4.69, 9.17) is 9.47 Å². The molecule has 0 bridgehead atoms. The van der Waals surface area contributed by atoms with Gasteiger partial charge in [-0.1, -0.05) is 18.2 Å². The smallest absolute Gasteiger partial charge is 0.339 e. The molecule has 0 unspecified atom stereocenters. The topological polar surface area (TPSA) is 112 Å². The predicted octanol–water partition coefficient (Wildman–Crippen LogP) is 8.55. The van der Waals surface area contributed by atoms with Crippen LogP contribution >= 0.6 is 0 Å². The normalized spacial score (nSPS) is 13.8. The van der Waals surface area contributed by atoms with Crippen LogP contribution < -0.4 is 0 Å². The molecule has 0 saturated heterocycles. The van der Waals surface area contributed by atoms with Crippen molar-refractivity contribution in [1.29, 1.82) is 0 Å². The Morgan fingerprint density at radius 1 is 0.717 bits per heavy atom. The zero-order chi connectivity index (χ0) is 36.3. The second-order valence-electron chi connectivity index (χ2n) is 14.0. The van der Waals surface area contributed by atoms with E-state index in [-0.39, 0.29) is 11.9 Å². The molecule has 5 heterocycles. The maximum atomic E-state index is 12.3. The highest BCUT2D eigenvalue weighted by molar-refractivity contribution is 5.91. The van der Waals surface area contributed by atoms with Crippen LogP contribution in [0.3, 0.4) is 0 Å². The van der Waals surface area contributed by atoms with Gasteiger partial charge in [-0.2, -0.15) is 0 Å². The average molecular weight is 704 g/mol. The number of esters is 2. The Balaban J connectivity index is 0.000000156. The first-order valence-electron chi connectivity index (χ1n) is 18.1. The largest absolute Gasteiger partial charge is 0.465 e. The molecule has 2 fully saturated rings. The van der Waals surface area contributed by atoms with E-state index in [1.54, 1.807) is 0 Å². The first-order chi connectivity index (χ1) is 25.9. The molecule has 7 aromatic rings. The SMILES string of the molecule is COC(=O)c1cc(C2CC2)cnc1Cc1ccc2[nH]ccc2c1.COC(=O)c1cc(C2CC2)cnc1Cc1ccc2c(ccn2Cc2ccccn2)c1. The number of hydrogen-bond acceptors (Lipinski definition) is 7. The van der Waals surface area contributed by atoms with Gasteiger partial charge in [0.25, 0.3) is 0 Å². The second-order valence-corrected chi connectivity index (χ2v) is 14.0. The monoisotopic (exact) mass is 703 g/mol. The van der Waals surface area contributed by atoms with Crippen LogP contribution in [0.15, 0.2) is 110 Å². The zero-order valence-electron chi connectivity index (χ0n) is 29.9. The van der Waals surface area contributed by atoms with Crippen LogP contribution in [0, 0.1) is 0 Å². The summed E-state index contributed by atoms with van der Waals surface area (Å²) in [6.07, 6.45) is 15.6. The van der Waals surface area contributed by atoms with Gasteiger partial charge in [-0.15, -0.1) is 0 Å². The molecule has 53 heavy (non-hydrogen) atoms. The zero-order valence-corrected chi connectivity index (χ0v) is 29.9. The van der Waals surface area contributed by atoms with Gasteiger partial charge in [-0.05, 0) is 131 Å². The first-order valence-corrected chi connectivity index (χ1v) is 18.1. The third-order valence-corrected chi connectivity index (χ3v) is 10.1. The summed E-state index contributed by atoms with van der Waals surface area (Å²) in [6, 6.07) is 26.7. The number of aromatic amines is 1. The van der Waals surface area contributed by atoms with E-state index in [2.05, 4.69) is 73.2 Å². The number of fused-ring (bicyclic) bond motifs is 2. The molecule has 266 valence electrons. The molecule has 2 saturated carbocycles. The van der Waals surface area contributed by atoms with E-state index < -0.39 is 0 Å². The number of ether oxygens (including phenoxy) is 2. The number of aromatic nitrogens is 5. The Morgan fingerprint density at radius 3 is 1.92 bits per heavy atom. The summed E-state index contributed by atoms with van der Waals surface area (Å²) in [5, 5.41) is 2.33. The van der Waals surface area contributed by atoms with Crippen molar-refractivity contribution in [2.75, 3.05) is 14.2 Å². The van der Waals surface area contributed by atoms with E-state index in [9.17, 15) is 9.59 Å². The van der Waals surface area contributed by atoms with Crippen molar-refractivity contribution in [2.45, 2.75) is 56.9 Å². The van der Waals surface area contributed by atoms with Crippen LogP contribution in [0.5, 0.6) is 0 Å². The van der Waals surface area contributed by atoms with E-state index >= 15 is 0 Å². The van der Waals surface area contributed by atoms with Crippen molar-refractivity contribution in [2.24, 2.45) is 0 Å². The van der Waals surface area contributed by atoms with Crippen molar-refractivity contribution in [3.63, 3.8) is 0 Å². The van der Waals surface area contributed by atoms with Gasteiger partial charge in [0.05, 0.1) is 49.0 Å². The van der Waals surface area contributed by atoms with Gasteiger partial charge in [-0.3, -0.25) is 15.0 Å². The van der Waals surface area contributed by atoms with Crippen LogP contribution in [0.2, 0.25) is 0 Å². The Labute approximate surface area is 308 Å². The molecule has 2 aliphatic rings. The van der Waals surface area contributed by atoms with Gasteiger partial charge in [0.2, 0.25) is 0 Å². The highest BCUT2D eigenvalue weighted by Crippen LogP contribution is 2.41. The number of carbonyl (C=O) groups is 2. The van der Waals surface area contributed by atoms with Crippen molar-refractivity contribution in [3.05, 3.63) is 160 Å². The van der Waals surface area contributed by atoms with Crippen molar-refractivity contribution < 1.29 is 19.1 Å². The van der Waals surface area contributed by atoms with Crippen molar-refractivity contribution in [3.8, 4) is 0 Å². The number of carbonyl (C=O) groups excluding carboxylic acids is 2. The molecule has 0 aliphatic heterocycles. The minimum atomic E-state index is -0.317. The van der Waals surface area contributed by atoms with Gasteiger partial charge in [0.15, 0.2) is 0 Å². The van der Waals surface area contributed by atoms with Crippen LogP contribution in [-0.2, 0) is 28.9 Å². The highest BCUT2D eigenvalue weighted by Gasteiger charge is 2.27. The van der Waals surface area contributed by atoms with Crippen LogP contribution in [0.1, 0.15) is 97.6 Å². The maximum absolute atomic E-state index is 12.3. The Morgan fingerprint density at radius 2 is 1.34 bits per heavy atom. The molecule has 9 nitrogen and oxygen atoms in total. The number of hydrogen-bond donors (Lipinski definition) is 1.